The lowest BCUT2D eigenvalue weighted by Crippen LogP contribution is -2.11. The van der Waals surface area contributed by atoms with Crippen LogP contribution in [0.5, 0.6) is 0 Å². The minimum absolute atomic E-state index is 0.342. The fourth-order valence-electron chi connectivity index (χ4n) is 3.87. The molecule has 0 aliphatic carbocycles. The van der Waals surface area contributed by atoms with Crippen LogP contribution in [0.2, 0.25) is 0 Å². The number of nitrogens with one attached hydrogen (secondary N) is 1. The van der Waals surface area contributed by atoms with E-state index in [0.717, 1.165) is 35.8 Å². The van der Waals surface area contributed by atoms with E-state index in [-0.39, 0.29) is 0 Å². The van der Waals surface area contributed by atoms with Crippen LogP contribution in [0, 0.1) is 11.8 Å². The second kappa shape index (κ2) is 8.98. The molecule has 2 heterocycles. The van der Waals surface area contributed by atoms with Gasteiger partial charge in [0.2, 0.25) is 0 Å². The molecular weight excluding hydrogens is 320 g/mol. The number of nitrogens with zero attached hydrogens (tertiary/aromatic N) is 1. The van der Waals surface area contributed by atoms with Gasteiger partial charge in [0.25, 0.3) is 0 Å². The van der Waals surface area contributed by atoms with Crippen LogP contribution in [0.25, 0.3) is 0 Å². The molecule has 1 aromatic heterocycles. The number of hydrogen-bond donors (Lipinski definition) is 1. The Balaban J connectivity index is 1.84. The predicted molar refractivity (Wildman–Crippen MR) is 108 cm³/mol. The second-order valence-electron chi connectivity index (χ2n) is 7.78. The minimum Gasteiger partial charge on any atom is -0.340 e. The maximum atomic E-state index is 12.4. The van der Waals surface area contributed by atoms with Gasteiger partial charge < -0.3 is 5.32 Å². The van der Waals surface area contributed by atoms with Crippen molar-refractivity contribution in [2.45, 2.75) is 58.8 Å². The fraction of sp³-hybridized carbons (Fsp3) is 0.478. The van der Waals surface area contributed by atoms with Gasteiger partial charge in [-0.25, -0.2) is 4.98 Å². The van der Waals surface area contributed by atoms with E-state index in [1.807, 2.05) is 24.4 Å². The highest BCUT2D eigenvalue weighted by Crippen LogP contribution is 2.26. The molecule has 2 atom stereocenters. The number of pyridine rings is 1. The summed E-state index contributed by atoms with van der Waals surface area (Å²) >= 11 is 0. The molecule has 4 bridgehead atoms. The van der Waals surface area contributed by atoms with Gasteiger partial charge in [0.15, 0.2) is 0 Å². The van der Waals surface area contributed by atoms with Gasteiger partial charge in [-0.15, -0.1) is 0 Å². The van der Waals surface area contributed by atoms with Gasteiger partial charge in [0.1, 0.15) is 11.6 Å². The van der Waals surface area contributed by atoms with Gasteiger partial charge >= 0.3 is 0 Å². The van der Waals surface area contributed by atoms with Gasteiger partial charge in [-0.05, 0) is 72.9 Å². The third kappa shape index (κ3) is 5.42. The summed E-state index contributed by atoms with van der Waals surface area (Å²) in [5.74, 6) is 2.55. The number of anilines is 2. The van der Waals surface area contributed by atoms with Crippen LogP contribution in [-0.2, 0) is 17.6 Å². The Bertz CT molecular complexity index is 740. The second-order valence-corrected chi connectivity index (χ2v) is 7.78. The number of Topliss-reactive ketones (excluding diaryl/α,β-unsaturated/α-hetero) is 1. The summed E-state index contributed by atoms with van der Waals surface area (Å²) < 4.78 is 0. The minimum atomic E-state index is 0.342. The number of ketones is 1. The Morgan fingerprint density at radius 3 is 2.85 bits per heavy atom. The monoisotopic (exact) mass is 350 g/mol. The first-order valence-corrected chi connectivity index (χ1v) is 9.95. The lowest BCUT2D eigenvalue weighted by Gasteiger charge is -2.20. The summed E-state index contributed by atoms with van der Waals surface area (Å²) in [5.41, 5.74) is 3.40. The molecule has 3 rings (SSSR count). The van der Waals surface area contributed by atoms with Gasteiger partial charge in [0.05, 0.1) is 0 Å². The molecule has 138 valence electrons. The first kappa shape index (κ1) is 18.6. The highest BCUT2D eigenvalue weighted by atomic mass is 16.1. The Hall–Kier alpha value is -2.16. The van der Waals surface area contributed by atoms with Crippen molar-refractivity contribution in [3.63, 3.8) is 0 Å². The van der Waals surface area contributed by atoms with Crippen LogP contribution < -0.4 is 5.32 Å². The largest absolute Gasteiger partial charge is 0.340 e. The number of carbonyl (C=O) groups excluding carboxylic acids is 1. The van der Waals surface area contributed by atoms with Crippen molar-refractivity contribution < 1.29 is 4.79 Å². The number of rotatable bonds is 1. The van der Waals surface area contributed by atoms with Gasteiger partial charge in [-0.2, -0.15) is 0 Å². The smallest absolute Gasteiger partial charge is 0.137 e. The molecule has 26 heavy (non-hydrogen) atoms. The normalized spacial score (nSPS) is 21.8. The summed E-state index contributed by atoms with van der Waals surface area (Å²) in [6.45, 7) is 4.58. The molecule has 1 N–H and O–H groups in total. The highest BCUT2D eigenvalue weighted by molar-refractivity contribution is 5.81. The van der Waals surface area contributed by atoms with E-state index >= 15 is 0 Å². The summed E-state index contributed by atoms with van der Waals surface area (Å²) in [6, 6.07) is 12.4. The maximum absolute atomic E-state index is 12.4. The molecule has 1 aliphatic rings. The quantitative estimate of drug-likeness (QED) is 0.715. The van der Waals surface area contributed by atoms with Crippen molar-refractivity contribution in [3.8, 4) is 0 Å². The molecule has 0 radical (unpaired) electrons. The van der Waals surface area contributed by atoms with Crippen LogP contribution in [0.15, 0.2) is 42.6 Å². The van der Waals surface area contributed by atoms with E-state index < -0.39 is 0 Å². The molecule has 2 aromatic rings. The van der Waals surface area contributed by atoms with Gasteiger partial charge in [0, 0.05) is 24.7 Å². The van der Waals surface area contributed by atoms with Crippen molar-refractivity contribution in [2.24, 2.45) is 11.8 Å². The SMILES string of the molecule is CCC1CCc2ccnc(c2)Nc2cccc(c2)CC(=O)CCC(C)C1. The first-order valence-electron chi connectivity index (χ1n) is 9.95. The molecule has 1 aromatic carbocycles. The third-order valence-electron chi connectivity index (χ3n) is 5.50. The van der Waals surface area contributed by atoms with Crippen molar-refractivity contribution in [1.82, 2.24) is 4.98 Å². The third-order valence-corrected chi connectivity index (χ3v) is 5.50. The molecular formula is C23H30N2O. The van der Waals surface area contributed by atoms with Crippen LogP contribution in [0.1, 0.15) is 57.1 Å². The lowest BCUT2D eigenvalue weighted by molar-refractivity contribution is -0.118. The summed E-state index contributed by atoms with van der Waals surface area (Å²) in [7, 11) is 0. The van der Waals surface area contributed by atoms with Crippen LogP contribution in [-0.4, -0.2) is 10.8 Å². The van der Waals surface area contributed by atoms with E-state index in [9.17, 15) is 4.79 Å². The number of aromatic nitrogens is 1. The van der Waals surface area contributed by atoms with E-state index in [2.05, 4.69) is 42.3 Å². The zero-order valence-electron chi connectivity index (χ0n) is 16.0. The molecule has 3 nitrogen and oxygen atoms in total. The van der Waals surface area contributed by atoms with Crippen LogP contribution in [0.3, 0.4) is 0 Å². The van der Waals surface area contributed by atoms with Crippen LogP contribution >= 0.6 is 0 Å². The average Bonchev–Trinajstić information content (AvgIpc) is 2.63. The molecule has 0 spiro atoms. The number of carbonyl (C=O) groups is 1. The molecule has 1 aliphatic heterocycles. The summed E-state index contributed by atoms with van der Waals surface area (Å²) in [5, 5.41) is 3.39. The molecule has 3 heteroatoms. The van der Waals surface area contributed by atoms with Gasteiger partial charge in [-0.1, -0.05) is 32.4 Å². The molecule has 0 fully saturated rings. The molecule has 0 amide bonds. The Labute approximate surface area is 157 Å². The van der Waals surface area contributed by atoms with Crippen molar-refractivity contribution >= 4 is 17.3 Å². The lowest BCUT2D eigenvalue weighted by atomic mass is 9.86. The van der Waals surface area contributed by atoms with Crippen molar-refractivity contribution in [3.05, 3.63) is 53.7 Å². The van der Waals surface area contributed by atoms with Crippen LogP contribution in [0.4, 0.5) is 11.5 Å². The number of hydrogen-bond acceptors (Lipinski definition) is 3. The molecule has 0 saturated heterocycles. The highest BCUT2D eigenvalue weighted by Gasteiger charge is 2.14. The Kier molecular flexibility index (Phi) is 6.43. The topological polar surface area (TPSA) is 42.0 Å². The average molecular weight is 351 g/mol. The number of benzene rings is 1. The van der Waals surface area contributed by atoms with Crippen molar-refractivity contribution in [1.29, 1.82) is 0 Å². The maximum Gasteiger partial charge on any atom is 0.137 e. The number of fused-ring (bicyclic) bond motifs is 4. The van der Waals surface area contributed by atoms with E-state index in [1.54, 1.807) is 0 Å². The number of aryl methyl sites for hydroxylation is 1. The zero-order valence-corrected chi connectivity index (χ0v) is 16.0. The van der Waals surface area contributed by atoms with Crippen molar-refractivity contribution in [2.75, 3.05) is 5.32 Å². The predicted octanol–water partition coefficient (Wildman–Crippen LogP) is 5.72. The Morgan fingerprint density at radius 1 is 1.12 bits per heavy atom. The standard InChI is InChI=1S/C23H30N2O/c1-3-18-8-9-19-11-12-24-23(16-19)25-21-6-4-5-20(14-21)15-22(26)10-7-17(2)13-18/h4-6,11-12,14,16-18H,3,7-10,13,15H2,1-2H3,(H,24,25). The van der Waals surface area contributed by atoms with E-state index in [4.69, 9.17) is 0 Å². The first-order chi connectivity index (χ1) is 12.6. The Morgan fingerprint density at radius 2 is 2.00 bits per heavy atom. The summed E-state index contributed by atoms with van der Waals surface area (Å²) in [6.07, 6.45) is 8.82. The molecule has 0 saturated carbocycles. The van der Waals surface area contributed by atoms with E-state index in [1.165, 1.54) is 24.8 Å². The van der Waals surface area contributed by atoms with Gasteiger partial charge in [-0.3, -0.25) is 4.79 Å². The zero-order chi connectivity index (χ0) is 18.4. The van der Waals surface area contributed by atoms with E-state index in [0.29, 0.717) is 24.5 Å². The fourth-order valence-corrected chi connectivity index (χ4v) is 3.87. The molecule has 2 unspecified atom stereocenters. The summed E-state index contributed by atoms with van der Waals surface area (Å²) in [4.78, 5) is 16.8.